The molecule has 0 spiro atoms. The van der Waals surface area contributed by atoms with Gasteiger partial charge in [0.15, 0.2) is 0 Å². The summed E-state index contributed by atoms with van der Waals surface area (Å²) >= 11 is 8.41. The van der Waals surface area contributed by atoms with E-state index in [9.17, 15) is 13.8 Å². The highest BCUT2D eigenvalue weighted by atomic mass is 35.5. The molecule has 5 heterocycles. The van der Waals surface area contributed by atoms with Crippen LogP contribution >= 0.6 is 22.9 Å². The molecule has 2 saturated heterocycles. The molecule has 8 rings (SSSR count). The van der Waals surface area contributed by atoms with Crippen molar-refractivity contribution in [2.24, 2.45) is 0 Å². The Morgan fingerprint density at radius 2 is 1.83 bits per heavy atom. The van der Waals surface area contributed by atoms with Crippen molar-refractivity contribution >= 4 is 56.0 Å². The molecule has 3 aliphatic heterocycles. The number of carbonyl (C=O) groups excluding carboxylic acids is 2. The minimum Gasteiger partial charge on any atom is -0.346 e. The number of nitrogens with zero attached hydrogens (tertiary/aromatic N) is 6. The molecule has 1 N–H and O–H groups in total. The summed E-state index contributed by atoms with van der Waals surface area (Å²) in [4.78, 5) is 34.8. The third-order valence-corrected chi connectivity index (χ3v) is 13.2. The molecular formula is C40H44ClN7O3S2. The summed E-state index contributed by atoms with van der Waals surface area (Å²) < 4.78 is 17.9. The Kier molecular flexibility index (Phi) is 10.8. The number of rotatable bonds is 11. The fourth-order valence-electron chi connectivity index (χ4n) is 8.03. The molecule has 0 aliphatic carbocycles. The predicted octanol–water partition coefficient (Wildman–Crippen LogP) is 6.54. The van der Waals surface area contributed by atoms with Gasteiger partial charge in [-0.3, -0.25) is 14.3 Å². The highest BCUT2D eigenvalue weighted by Gasteiger charge is 2.31. The van der Waals surface area contributed by atoms with Gasteiger partial charge in [0, 0.05) is 97.4 Å². The number of piperidine rings is 1. The van der Waals surface area contributed by atoms with Crippen LogP contribution in [0.15, 0.2) is 66.7 Å². The summed E-state index contributed by atoms with van der Waals surface area (Å²) in [6.07, 6.45) is 7.30. The van der Waals surface area contributed by atoms with Gasteiger partial charge in [-0.25, -0.2) is 13.5 Å². The number of aromatic nitrogens is 3. The first-order chi connectivity index (χ1) is 25.8. The lowest BCUT2D eigenvalue weighted by Crippen LogP contribution is -2.45. The van der Waals surface area contributed by atoms with Crippen LogP contribution in [-0.2, 0) is 41.8 Å². The van der Waals surface area contributed by atoms with Gasteiger partial charge in [-0.15, -0.1) is 11.3 Å². The van der Waals surface area contributed by atoms with Gasteiger partial charge in [-0.1, -0.05) is 41.9 Å². The van der Waals surface area contributed by atoms with Crippen molar-refractivity contribution in [2.75, 3.05) is 39.0 Å². The van der Waals surface area contributed by atoms with Crippen molar-refractivity contribution in [3.63, 3.8) is 0 Å². The van der Waals surface area contributed by atoms with Crippen molar-refractivity contribution in [3.05, 3.63) is 93.6 Å². The number of halogens is 1. The van der Waals surface area contributed by atoms with Gasteiger partial charge in [0.2, 0.25) is 5.91 Å². The molecule has 2 amide bonds. The molecule has 3 aromatic carbocycles. The number of likely N-dealkylation sites (tertiary alicyclic amines) is 2. The first-order valence-electron chi connectivity index (χ1n) is 18.5. The zero-order chi connectivity index (χ0) is 36.5. The monoisotopic (exact) mass is 769 g/mol. The Morgan fingerprint density at radius 3 is 2.62 bits per heavy atom. The summed E-state index contributed by atoms with van der Waals surface area (Å²) in [5.74, 6) is 0.152. The van der Waals surface area contributed by atoms with Crippen molar-refractivity contribution in [1.29, 1.82) is 0 Å². The predicted molar refractivity (Wildman–Crippen MR) is 212 cm³/mol. The second-order valence-electron chi connectivity index (χ2n) is 14.2. The third-order valence-electron chi connectivity index (χ3n) is 10.8. The molecule has 1 atom stereocenters. The van der Waals surface area contributed by atoms with Crippen LogP contribution in [0.1, 0.15) is 58.7 Å². The van der Waals surface area contributed by atoms with Crippen LogP contribution in [0.2, 0.25) is 5.02 Å². The highest BCUT2D eigenvalue weighted by Crippen LogP contribution is 2.36. The Hall–Kier alpha value is -3.94. The lowest BCUT2D eigenvalue weighted by atomic mass is 9.97. The van der Waals surface area contributed by atoms with Gasteiger partial charge in [0.05, 0.1) is 33.4 Å². The van der Waals surface area contributed by atoms with E-state index in [2.05, 4.69) is 30.8 Å². The number of thiazole rings is 1. The van der Waals surface area contributed by atoms with Gasteiger partial charge in [-0.2, -0.15) is 5.10 Å². The SMILES string of the molecule is CS(=O)N1CCc2c(c(-c3ccc(Cl)c(-c4cccc(C(=O)NCc5nc6ccccc6s5)c4)c3)nn2CCCN2CCC(N3CCCC3=O)CC2)C1. The lowest BCUT2D eigenvalue weighted by Gasteiger charge is -2.36. The quantitative estimate of drug-likeness (QED) is 0.164. The van der Waals surface area contributed by atoms with Crippen LogP contribution in [0.3, 0.4) is 0 Å². The van der Waals surface area contributed by atoms with Gasteiger partial charge >= 0.3 is 0 Å². The Balaban J connectivity index is 0.981. The highest BCUT2D eigenvalue weighted by molar-refractivity contribution is 7.81. The van der Waals surface area contributed by atoms with E-state index in [4.69, 9.17) is 16.7 Å². The van der Waals surface area contributed by atoms with E-state index in [0.717, 1.165) is 115 Å². The van der Waals surface area contributed by atoms with E-state index in [1.54, 1.807) is 17.6 Å². The van der Waals surface area contributed by atoms with Gasteiger partial charge < -0.3 is 15.1 Å². The fraction of sp³-hybridized carbons (Fsp3) is 0.400. The lowest BCUT2D eigenvalue weighted by molar-refractivity contribution is -0.130. The molecule has 2 fully saturated rings. The zero-order valence-electron chi connectivity index (χ0n) is 29.9. The summed E-state index contributed by atoms with van der Waals surface area (Å²) in [5, 5.41) is 9.68. The van der Waals surface area contributed by atoms with Crippen LogP contribution in [-0.4, -0.2) is 89.9 Å². The van der Waals surface area contributed by atoms with E-state index in [-0.39, 0.29) is 5.91 Å². The second-order valence-corrected chi connectivity index (χ2v) is 17.1. The van der Waals surface area contributed by atoms with Crippen molar-refractivity contribution in [3.8, 4) is 22.4 Å². The number of carbonyl (C=O) groups is 2. The van der Waals surface area contributed by atoms with Gasteiger partial charge in [0.1, 0.15) is 5.01 Å². The van der Waals surface area contributed by atoms with E-state index in [1.165, 1.54) is 5.69 Å². The zero-order valence-corrected chi connectivity index (χ0v) is 32.3. The van der Waals surface area contributed by atoms with Crippen LogP contribution < -0.4 is 5.32 Å². The van der Waals surface area contributed by atoms with Crippen molar-refractivity contribution in [1.82, 2.24) is 34.2 Å². The maximum Gasteiger partial charge on any atom is 0.251 e. The molecule has 2 aromatic heterocycles. The second kappa shape index (κ2) is 15.8. The Labute approximate surface area is 321 Å². The molecule has 3 aliphatic rings. The van der Waals surface area contributed by atoms with E-state index >= 15 is 0 Å². The maximum absolute atomic E-state index is 13.3. The first-order valence-corrected chi connectivity index (χ1v) is 21.2. The average Bonchev–Trinajstić information content (AvgIpc) is 3.91. The molecule has 0 saturated carbocycles. The standard InChI is InChI=1S/C40H44ClN7O3S2/c1-53(51)46-22-16-35-32(26-46)39(44-48(35)19-6-17-45-20-14-30(15-21-45)47-18-5-11-38(47)49)28-12-13-33(41)31(24-28)27-7-4-8-29(23-27)40(50)42-25-37-43-34-9-2-3-10-36(34)52-37/h2-4,7-10,12-13,23-24,30H,5-6,11,14-22,25-26H2,1H3,(H,42,50). The van der Waals surface area contributed by atoms with Crippen LogP contribution in [0.4, 0.5) is 0 Å². The summed E-state index contributed by atoms with van der Waals surface area (Å²) in [7, 11) is -1.09. The summed E-state index contributed by atoms with van der Waals surface area (Å²) in [5.41, 5.74) is 7.27. The molecule has 276 valence electrons. The Morgan fingerprint density at radius 1 is 0.981 bits per heavy atom. The minimum atomic E-state index is -1.09. The van der Waals surface area contributed by atoms with Gasteiger partial charge in [0.25, 0.3) is 5.91 Å². The molecule has 1 unspecified atom stereocenters. The summed E-state index contributed by atoms with van der Waals surface area (Å²) in [6, 6.07) is 21.9. The third kappa shape index (κ3) is 7.84. The molecule has 0 bridgehead atoms. The first kappa shape index (κ1) is 36.1. The van der Waals surface area contributed by atoms with Crippen molar-refractivity contribution in [2.45, 2.75) is 64.2 Å². The number of hydrogen-bond acceptors (Lipinski definition) is 7. The molecule has 53 heavy (non-hydrogen) atoms. The molecule has 5 aromatic rings. The van der Waals surface area contributed by atoms with E-state index < -0.39 is 11.0 Å². The average molecular weight is 770 g/mol. The topological polar surface area (TPSA) is 104 Å². The largest absolute Gasteiger partial charge is 0.346 e. The van der Waals surface area contributed by atoms with Crippen LogP contribution in [0, 0.1) is 0 Å². The number of aryl methyl sites for hydroxylation is 1. The van der Waals surface area contributed by atoms with Gasteiger partial charge in [-0.05, 0) is 74.2 Å². The van der Waals surface area contributed by atoms with E-state index in [0.29, 0.717) is 42.0 Å². The number of nitrogens with one attached hydrogen (secondary N) is 1. The number of hydrogen-bond donors (Lipinski definition) is 1. The number of para-hydroxylation sites is 1. The molecule has 10 nitrogen and oxygen atoms in total. The maximum atomic E-state index is 13.3. The molecule has 13 heteroatoms. The number of benzene rings is 3. The number of fused-ring (bicyclic) bond motifs is 2. The molecule has 0 radical (unpaired) electrons. The van der Waals surface area contributed by atoms with Crippen LogP contribution in [0.5, 0.6) is 0 Å². The normalized spacial score (nSPS) is 17.8. The molecular weight excluding hydrogens is 726 g/mol. The smallest absolute Gasteiger partial charge is 0.251 e. The number of amides is 2. The summed E-state index contributed by atoms with van der Waals surface area (Å²) in [6.45, 7) is 6.40. The Bertz CT molecular complexity index is 2140. The minimum absolute atomic E-state index is 0.176. The van der Waals surface area contributed by atoms with Crippen LogP contribution in [0.25, 0.3) is 32.6 Å². The fourth-order valence-corrected chi connectivity index (χ4v) is 9.82. The van der Waals surface area contributed by atoms with Crippen molar-refractivity contribution < 1.29 is 13.8 Å². The van der Waals surface area contributed by atoms with E-state index in [1.807, 2.05) is 65.0 Å².